The van der Waals surface area contributed by atoms with E-state index in [1.54, 1.807) is 0 Å². The Kier molecular flexibility index (Phi) is 6.21. The van der Waals surface area contributed by atoms with Crippen LogP contribution >= 0.6 is 0 Å². The summed E-state index contributed by atoms with van der Waals surface area (Å²) < 4.78 is 4.94. The Bertz CT molecular complexity index is 436. The van der Waals surface area contributed by atoms with Crippen LogP contribution in [0.4, 0.5) is 0 Å². The molecule has 116 valence electrons. The van der Waals surface area contributed by atoms with Gasteiger partial charge in [-0.05, 0) is 38.2 Å². The lowest BCUT2D eigenvalue weighted by Crippen LogP contribution is -2.37. The monoisotopic (exact) mass is 290 g/mol. The molecule has 0 aliphatic carbocycles. The number of rotatable bonds is 7. The summed E-state index contributed by atoms with van der Waals surface area (Å²) >= 11 is 0. The SMILES string of the molecule is CCOC(=O)CCCC1NC(Cc2ccccc2)C[C@@H]1N. The Labute approximate surface area is 127 Å². The maximum atomic E-state index is 11.3. The highest BCUT2D eigenvalue weighted by atomic mass is 16.5. The molecular formula is C17H26N2O2. The Balaban J connectivity index is 1.72. The first-order chi connectivity index (χ1) is 10.2. The molecule has 1 aromatic rings. The molecule has 3 atom stereocenters. The quantitative estimate of drug-likeness (QED) is 0.754. The Morgan fingerprint density at radius 1 is 1.38 bits per heavy atom. The fraction of sp³-hybridized carbons (Fsp3) is 0.588. The van der Waals surface area contributed by atoms with Gasteiger partial charge in [0.25, 0.3) is 0 Å². The molecule has 0 saturated carbocycles. The third kappa shape index (κ3) is 5.14. The van der Waals surface area contributed by atoms with Gasteiger partial charge in [0.05, 0.1) is 6.61 Å². The van der Waals surface area contributed by atoms with E-state index in [0.717, 1.165) is 25.7 Å². The maximum absolute atomic E-state index is 11.3. The van der Waals surface area contributed by atoms with E-state index in [1.165, 1.54) is 5.56 Å². The molecule has 4 nitrogen and oxygen atoms in total. The molecule has 1 aliphatic rings. The molecule has 3 N–H and O–H groups in total. The summed E-state index contributed by atoms with van der Waals surface area (Å²) in [6.07, 6.45) is 4.28. The lowest BCUT2D eigenvalue weighted by molar-refractivity contribution is -0.143. The molecule has 2 unspecified atom stereocenters. The van der Waals surface area contributed by atoms with Crippen molar-refractivity contribution in [3.05, 3.63) is 35.9 Å². The van der Waals surface area contributed by atoms with Crippen LogP contribution in [0.15, 0.2) is 30.3 Å². The van der Waals surface area contributed by atoms with E-state index in [2.05, 4.69) is 29.6 Å². The van der Waals surface area contributed by atoms with Gasteiger partial charge in [0.15, 0.2) is 0 Å². The number of ether oxygens (including phenoxy) is 1. The molecular weight excluding hydrogens is 264 g/mol. The normalized spacial score (nSPS) is 25.0. The van der Waals surface area contributed by atoms with E-state index in [4.69, 9.17) is 10.5 Å². The minimum atomic E-state index is -0.107. The van der Waals surface area contributed by atoms with Crippen molar-refractivity contribution in [3.63, 3.8) is 0 Å². The average molecular weight is 290 g/mol. The number of carbonyl (C=O) groups is 1. The topological polar surface area (TPSA) is 64.3 Å². The molecule has 1 saturated heterocycles. The molecule has 0 bridgehead atoms. The second-order valence-electron chi connectivity index (χ2n) is 5.76. The fourth-order valence-electron chi connectivity index (χ4n) is 3.02. The zero-order chi connectivity index (χ0) is 15.1. The number of nitrogens with two attached hydrogens (primary N) is 1. The first kappa shape index (κ1) is 16.0. The van der Waals surface area contributed by atoms with Crippen LogP contribution in [0.2, 0.25) is 0 Å². The Morgan fingerprint density at radius 3 is 2.86 bits per heavy atom. The van der Waals surface area contributed by atoms with E-state index in [9.17, 15) is 4.79 Å². The summed E-state index contributed by atoms with van der Waals surface area (Å²) in [5.41, 5.74) is 7.56. The fourth-order valence-corrected chi connectivity index (χ4v) is 3.02. The molecule has 0 aromatic heterocycles. The van der Waals surface area contributed by atoms with E-state index < -0.39 is 0 Å². The zero-order valence-electron chi connectivity index (χ0n) is 12.8. The van der Waals surface area contributed by atoms with E-state index in [0.29, 0.717) is 25.1 Å². The first-order valence-electron chi connectivity index (χ1n) is 7.90. The van der Waals surface area contributed by atoms with Gasteiger partial charge >= 0.3 is 5.97 Å². The van der Waals surface area contributed by atoms with Crippen molar-refractivity contribution in [2.75, 3.05) is 6.61 Å². The van der Waals surface area contributed by atoms with Crippen molar-refractivity contribution in [1.29, 1.82) is 0 Å². The van der Waals surface area contributed by atoms with Gasteiger partial charge in [-0.2, -0.15) is 0 Å². The predicted molar refractivity (Wildman–Crippen MR) is 83.9 cm³/mol. The van der Waals surface area contributed by atoms with Crippen molar-refractivity contribution in [2.24, 2.45) is 5.73 Å². The number of carbonyl (C=O) groups excluding carboxylic acids is 1. The minimum absolute atomic E-state index is 0.107. The average Bonchev–Trinajstić information content (AvgIpc) is 2.80. The van der Waals surface area contributed by atoms with Gasteiger partial charge in [0.2, 0.25) is 0 Å². The lowest BCUT2D eigenvalue weighted by Gasteiger charge is -2.16. The summed E-state index contributed by atoms with van der Waals surface area (Å²) in [6.45, 7) is 2.29. The van der Waals surface area contributed by atoms with Crippen LogP contribution in [-0.4, -0.2) is 30.7 Å². The molecule has 21 heavy (non-hydrogen) atoms. The number of nitrogens with one attached hydrogen (secondary N) is 1. The minimum Gasteiger partial charge on any atom is -0.466 e. The van der Waals surface area contributed by atoms with Crippen molar-refractivity contribution in [3.8, 4) is 0 Å². The van der Waals surface area contributed by atoms with Crippen molar-refractivity contribution in [1.82, 2.24) is 5.32 Å². The maximum Gasteiger partial charge on any atom is 0.305 e. The van der Waals surface area contributed by atoms with Crippen LogP contribution in [0.5, 0.6) is 0 Å². The number of esters is 1. The summed E-state index contributed by atoms with van der Waals surface area (Å²) in [5, 5.41) is 3.62. The van der Waals surface area contributed by atoms with Crippen LogP contribution in [0, 0.1) is 0 Å². The number of hydrogen-bond donors (Lipinski definition) is 2. The van der Waals surface area contributed by atoms with Crippen LogP contribution < -0.4 is 11.1 Å². The van der Waals surface area contributed by atoms with Crippen LogP contribution in [0.3, 0.4) is 0 Å². The van der Waals surface area contributed by atoms with Gasteiger partial charge in [0.1, 0.15) is 0 Å². The second-order valence-corrected chi connectivity index (χ2v) is 5.76. The van der Waals surface area contributed by atoms with Gasteiger partial charge in [-0.25, -0.2) is 0 Å². The highest BCUT2D eigenvalue weighted by Gasteiger charge is 2.30. The summed E-state index contributed by atoms with van der Waals surface area (Å²) in [4.78, 5) is 11.3. The van der Waals surface area contributed by atoms with E-state index in [1.807, 2.05) is 13.0 Å². The molecule has 4 heteroatoms. The predicted octanol–water partition coefficient (Wildman–Crippen LogP) is 2.02. The van der Waals surface area contributed by atoms with Crippen LogP contribution in [0.25, 0.3) is 0 Å². The Morgan fingerprint density at radius 2 is 2.14 bits per heavy atom. The second kappa shape index (κ2) is 8.15. The van der Waals surface area contributed by atoms with Crippen molar-refractivity contribution < 1.29 is 9.53 Å². The third-order valence-corrected chi connectivity index (χ3v) is 4.05. The molecule has 1 heterocycles. The zero-order valence-corrected chi connectivity index (χ0v) is 12.8. The summed E-state index contributed by atoms with van der Waals surface area (Å²) in [7, 11) is 0. The largest absolute Gasteiger partial charge is 0.466 e. The van der Waals surface area contributed by atoms with Gasteiger partial charge in [-0.1, -0.05) is 30.3 Å². The highest BCUT2D eigenvalue weighted by molar-refractivity contribution is 5.69. The standard InChI is InChI=1S/C17H26N2O2/c1-2-21-17(20)10-6-9-16-15(18)12-14(19-16)11-13-7-4-3-5-8-13/h3-5,7-8,14-16,19H,2,6,9-12,18H2,1H3/t14?,15-,16?/m0/s1. The molecule has 1 fully saturated rings. The Hall–Kier alpha value is -1.39. The summed E-state index contributed by atoms with van der Waals surface area (Å²) in [5.74, 6) is -0.107. The van der Waals surface area contributed by atoms with Gasteiger partial charge < -0.3 is 15.8 Å². The lowest BCUT2D eigenvalue weighted by atomic mass is 10.0. The van der Waals surface area contributed by atoms with Crippen molar-refractivity contribution in [2.45, 2.75) is 57.2 Å². The van der Waals surface area contributed by atoms with Crippen molar-refractivity contribution >= 4 is 5.97 Å². The van der Waals surface area contributed by atoms with Gasteiger partial charge in [-0.3, -0.25) is 4.79 Å². The highest BCUT2D eigenvalue weighted by Crippen LogP contribution is 2.19. The molecule has 1 aliphatic heterocycles. The van der Waals surface area contributed by atoms with Crippen LogP contribution in [-0.2, 0) is 16.0 Å². The molecule has 2 rings (SSSR count). The van der Waals surface area contributed by atoms with Gasteiger partial charge in [0, 0.05) is 24.5 Å². The molecule has 0 spiro atoms. The smallest absolute Gasteiger partial charge is 0.305 e. The van der Waals surface area contributed by atoms with E-state index >= 15 is 0 Å². The van der Waals surface area contributed by atoms with Gasteiger partial charge in [-0.15, -0.1) is 0 Å². The first-order valence-corrected chi connectivity index (χ1v) is 7.90. The number of benzene rings is 1. The molecule has 0 radical (unpaired) electrons. The third-order valence-electron chi connectivity index (χ3n) is 4.05. The molecule has 1 aromatic carbocycles. The summed E-state index contributed by atoms with van der Waals surface area (Å²) in [6, 6.07) is 11.4. The van der Waals surface area contributed by atoms with E-state index in [-0.39, 0.29) is 12.0 Å². The number of hydrogen-bond acceptors (Lipinski definition) is 4. The molecule has 0 amide bonds. The van der Waals surface area contributed by atoms with Crippen LogP contribution in [0.1, 0.15) is 38.2 Å².